The topological polar surface area (TPSA) is 66.7 Å². The Morgan fingerprint density at radius 3 is 1.64 bits per heavy atom. The van der Waals surface area contributed by atoms with E-state index in [2.05, 4.69) is 27.7 Å². The van der Waals surface area contributed by atoms with Gasteiger partial charge < -0.3 is 15.0 Å². The van der Waals surface area contributed by atoms with E-state index in [1.54, 1.807) is 30.5 Å². The van der Waals surface area contributed by atoms with Crippen LogP contribution in [0.1, 0.15) is 115 Å². The zero-order valence-electron chi connectivity index (χ0n) is 27.0. The summed E-state index contributed by atoms with van der Waals surface area (Å²) >= 11 is 1.52. The molecule has 0 N–H and O–H groups in total. The number of benzene rings is 2. The molecule has 2 amide bonds. The summed E-state index contributed by atoms with van der Waals surface area (Å²) in [7, 11) is 0. The van der Waals surface area contributed by atoms with E-state index in [0.29, 0.717) is 11.3 Å². The van der Waals surface area contributed by atoms with Gasteiger partial charge in [-0.1, -0.05) is 71.6 Å². The molecule has 0 atom stereocenters. The summed E-state index contributed by atoms with van der Waals surface area (Å²) in [4.78, 5) is 31.8. The van der Waals surface area contributed by atoms with Crippen LogP contribution in [-0.4, -0.2) is 58.7 Å². The minimum absolute atomic E-state index is 0.0210. The molecule has 1 aromatic heterocycles. The van der Waals surface area contributed by atoms with Crippen LogP contribution in [0.15, 0.2) is 60.7 Å². The molecule has 0 aliphatic heterocycles. The van der Waals surface area contributed by atoms with Gasteiger partial charge >= 0.3 is 0 Å². The third kappa shape index (κ3) is 10.8. The molecule has 236 valence electrons. The molecule has 7 heteroatoms. The van der Waals surface area contributed by atoms with Gasteiger partial charge in [-0.2, -0.15) is 4.74 Å². The maximum Gasteiger partial charge on any atom is 0.253 e. The fourth-order valence-electron chi connectivity index (χ4n) is 5.02. The van der Waals surface area contributed by atoms with Gasteiger partial charge in [0.05, 0.1) is 4.88 Å². The Hall–Kier alpha value is -3.71. The molecule has 0 bridgehead atoms. The molecular formula is C37H49N3O3S. The van der Waals surface area contributed by atoms with Crippen molar-refractivity contribution in [1.29, 1.82) is 0 Å². The van der Waals surface area contributed by atoms with Crippen molar-refractivity contribution in [2.24, 2.45) is 0 Å². The molecule has 1 heterocycles. The highest BCUT2D eigenvalue weighted by molar-refractivity contribution is 7.14. The average Bonchev–Trinajstić information content (AvgIpc) is 3.50. The number of carbonyl (C=O) groups is 2. The van der Waals surface area contributed by atoms with E-state index in [9.17, 15) is 14.8 Å². The van der Waals surface area contributed by atoms with Crippen LogP contribution < -0.4 is 0 Å². The van der Waals surface area contributed by atoms with Crippen molar-refractivity contribution in [2.75, 3.05) is 26.2 Å². The molecule has 2 aromatic carbocycles. The van der Waals surface area contributed by atoms with Gasteiger partial charge in [-0.25, -0.2) is 0 Å². The number of amides is 2. The number of rotatable bonds is 18. The maximum atomic E-state index is 13.0. The van der Waals surface area contributed by atoms with E-state index in [0.717, 1.165) is 103 Å². The standard InChI is InChI=1S/C37H49N3O3S/c1-5-9-11-27-38(25-7-3)36(41)31-16-13-30(14-17-31)15-22-34-23-24-35(44-34)29-40(43)33-20-18-32(19-21-33)37(42)39(26-8-4)28-12-10-6-2/h13-24,29H,5-12,25-28H2,1-4H3/b22-15+,40-29+. The van der Waals surface area contributed by atoms with Gasteiger partial charge in [-0.3, -0.25) is 9.59 Å². The number of nitrogens with zero attached hydrogens (tertiary/aromatic N) is 3. The Balaban J connectivity index is 1.61. The SMILES string of the molecule is CCCCCN(CCC)C(=O)c1ccc(/C=C/c2ccc(/C=[N+](/[O-])c3ccc(C(=O)N(CCC)CCCCC)cc3)s2)cc1. The highest BCUT2D eigenvalue weighted by atomic mass is 32.1. The third-order valence-electron chi connectivity index (χ3n) is 7.48. The molecule has 44 heavy (non-hydrogen) atoms. The van der Waals surface area contributed by atoms with E-state index < -0.39 is 0 Å². The number of unbranched alkanes of at least 4 members (excludes halogenated alkanes) is 4. The van der Waals surface area contributed by atoms with Gasteiger partial charge in [0.15, 0.2) is 6.21 Å². The Morgan fingerprint density at radius 2 is 1.14 bits per heavy atom. The summed E-state index contributed by atoms with van der Waals surface area (Å²) in [6.07, 6.45) is 14.0. The van der Waals surface area contributed by atoms with Crippen LogP contribution in [0.25, 0.3) is 12.2 Å². The van der Waals surface area contributed by atoms with Crippen LogP contribution in [0.5, 0.6) is 0 Å². The van der Waals surface area contributed by atoms with Crippen molar-refractivity contribution < 1.29 is 14.3 Å². The number of carbonyl (C=O) groups excluding carboxylic acids is 2. The number of hydrogen-bond donors (Lipinski definition) is 0. The van der Waals surface area contributed by atoms with Crippen LogP contribution in [0, 0.1) is 5.21 Å². The lowest BCUT2D eigenvalue weighted by atomic mass is 10.1. The molecular weight excluding hydrogens is 566 g/mol. The van der Waals surface area contributed by atoms with E-state index in [-0.39, 0.29) is 11.8 Å². The summed E-state index contributed by atoms with van der Waals surface area (Å²) in [6.45, 7) is 11.6. The monoisotopic (exact) mass is 615 g/mol. The second kappa shape index (κ2) is 18.8. The first kappa shape index (κ1) is 34.8. The molecule has 6 nitrogen and oxygen atoms in total. The molecule has 0 radical (unpaired) electrons. The Kier molecular flexibility index (Phi) is 14.9. The first-order valence-corrected chi connectivity index (χ1v) is 17.1. The Labute approximate surface area is 268 Å². The highest BCUT2D eigenvalue weighted by Gasteiger charge is 2.16. The summed E-state index contributed by atoms with van der Waals surface area (Å²) in [6, 6.07) is 18.6. The normalized spacial score (nSPS) is 11.7. The van der Waals surface area contributed by atoms with Gasteiger partial charge in [0.25, 0.3) is 11.8 Å². The molecule has 0 fully saturated rings. The van der Waals surface area contributed by atoms with Crippen LogP contribution in [0.3, 0.4) is 0 Å². The quantitative estimate of drug-likeness (QED) is 0.0471. The fourth-order valence-corrected chi connectivity index (χ4v) is 5.85. The zero-order valence-corrected chi connectivity index (χ0v) is 27.8. The van der Waals surface area contributed by atoms with Gasteiger partial charge in [-0.05, 0) is 73.7 Å². The predicted octanol–water partition coefficient (Wildman–Crippen LogP) is 9.26. The van der Waals surface area contributed by atoms with Crippen molar-refractivity contribution in [1.82, 2.24) is 9.80 Å². The van der Waals surface area contributed by atoms with Crippen molar-refractivity contribution >= 4 is 47.2 Å². The lowest BCUT2D eigenvalue weighted by molar-refractivity contribution is -0.354. The van der Waals surface area contributed by atoms with Crippen LogP contribution in [-0.2, 0) is 0 Å². The van der Waals surface area contributed by atoms with Crippen molar-refractivity contribution in [3.05, 3.63) is 92.3 Å². The van der Waals surface area contributed by atoms with Crippen molar-refractivity contribution in [2.45, 2.75) is 79.1 Å². The minimum atomic E-state index is 0.0210. The third-order valence-corrected chi connectivity index (χ3v) is 8.47. The van der Waals surface area contributed by atoms with E-state index in [1.807, 2.05) is 58.4 Å². The first-order chi connectivity index (χ1) is 21.4. The average molecular weight is 616 g/mol. The fraction of sp³-hybridized carbons (Fsp3) is 0.432. The highest BCUT2D eigenvalue weighted by Crippen LogP contribution is 2.21. The second-order valence-electron chi connectivity index (χ2n) is 11.2. The summed E-state index contributed by atoms with van der Waals surface area (Å²) in [5, 5.41) is 12.9. The number of thiophene rings is 1. The molecule has 0 aliphatic rings. The van der Waals surface area contributed by atoms with E-state index in [4.69, 9.17) is 0 Å². The van der Waals surface area contributed by atoms with Gasteiger partial charge in [0.2, 0.25) is 5.69 Å². The Morgan fingerprint density at radius 1 is 0.636 bits per heavy atom. The van der Waals surface area contributed by atoms with E-state index in [1.165, 1.54) is 11.3 Å². The minimum Gasteiger partial charge on any atom is -0.618 e. The van der Waals surface area contributed by atoms with Crippen LogP contribution in [0.4, 0.5) is 5.69 Å². The zero-order chi connectivity index (χ0) is 31.7. The first-order valence-electron chi connectivity index (χ1n) is 16.3. The van der Waals surface area contributed by atoms with Crippen molar-refractivity contribution in [3.63, 3.8) is 0 Å². The predicted molar refractivity (Wildman–Crippen MR) is 186 cm³/mol. The lowest BCUT2D eigenvalue weighted by Gasteiger charge is -2.22. The van der Waals surface area contributed by atoms with Crippen LogP contribution >= 0.6 is 11.3 Å². The van der Waals surface area contributed by atoms with Gasteiger partial charge in [0, 0.05) is 54.3 Å². The van der Waals surface area contributed by atoms with E-state index >= 15 is 0 Å². The molecule has 3 aromatic rings. The summed E-state index contributed by atoms with van der Waals surface area (Å²) in [5.74, 6) is 0.119. The smallest absolute Gasteiger partial charge is 0.253 e. The molecule has 0 spiro atoms. The molecule has 0 saturated heterocycles. The summed E-state index contributed by atoms with van der Waals surface area (Å²) in [5.41, 5.74) is 2.82. The molecule has 0 saturated carbocycles. The number of hydrogen-bond acceptors (Lipinski definition) is 4. The largest absolute Gasteiger partial charge is 0.618 e. The van der Waals surface area contributed by atoms with Crippen LogP contribution in [0.2, 0.25) is 0 Å². The summed E-state index contributed by atoms with van der Waals surface area (Å²) < 4.78 is 0.846. The maximum absolute atomic E-state index is 13.0. The van der Waals surface area contributed by atoms with Gasteiger partial charge in [-0.15, -0.1) is 11.3 Å². The second-order valence-corrected chi connectivity index (χ2v) is 12.3. The Bertz CT molecular complexity index is 1360. The van der Waals surface area contributed by atoms with Gasteiger partial charge in [0.1, 0.15) is 0 Å². The molecule has 0 aliphatic carbocycles. The molecule has 3 rings (SSSR count). The van der Waals surface area contributed by atoms with Crippen molar-refractivity contribution in [3.8, 4) is 0 Å². The lowest BCUT2D eigenvalue weighted by Crippen LogP contribution is -2.32. The molecule has 0 unspecified atom stereocenters.